The molecule has 1 saturated heterocycles. The maximum Gasteiger partial charge on any atom is 0.250 e. The highest BCUT2D eigenvalue weighted by atomic mass is 32.2. The van der Waals surface area contributed by atoms with Gasteiger partial charge in [0, 0.05) is 35.5 Å². The van der Waals surface area contributed by atoms with Crippen molar-refractivity contribution in [3.8, 4) is 22.5 Å². The number of ether oxygens (including phenoxy) is 2. The number of thiophene rings is 1. The van der Waals surface area contributed by atoms with E-state index in [4.69, 9.17) is 14.5 Å². The maximum atomic E-state index is 13.5. The van der Waals surface area contributed by atoms with E-state index in [0.717, 1.165) is 28.2 Å². The highest BCUT2D eigenvalue weighted by molar-refractivity contribution is 7.91. The molecule has 4 heterocycles. The zero-order valence-electron chi connectivity index (χ0n) is 18.8. The molecule has 0 atom stereocenters. The van der Waals surface area contributed by atoms with E-state index in [1.165, 1.54) is 12.1 Å². The summed E-state index contributed by atoms with van der Waals surface area (Å²) in [4.78, 5) is 12.1. The number of nitrogens with zero attached hydrogens (tertiary/aromatic N) is 2. The minimum absolute atomic E-state index is 0.168. The molecule has 0 aliphatic carbocycles. The smallest absolute Gasteiger partial charge is 0.250 e. The van der Waals surface area contributed by atoms with E-state index in [1.54, 1.807) is 42.0 Å². The van der Waals surface area contributed by atoms with E-state index in [2.05, 4.69) is 14.7 Å². The van der Waals surface area contributed by atoms with Gasteiger partial charge in [-0.3, -0.25) is 4.98 Å². The summed E-state index contributed by atoms with van der Waals surface area (Å²) in [5, 5.41) is 1.72. The minimum Gasteiger partial charge on any atom is -0.345 e. The van der Waals surface area contributed by atoms with Crippen LogP contribution >= 0.6 is 11.3 Å². The molecule has 8 nitrogen and oxygen atoms in total. The first kappa shape index (κ1) is 23.8. The van der Waals surface area contributed by atoms with Crippen molar-refractivity contribution in [2.24, 2.45) is 5.41 Å². The molecule has 1 fully saturated rings. The lowest BCUT2D eigenvalue weighted by Crippen LogP contribution is -2.45. The zero-order chi connectivity index (χ0) is 24.5. The Kier molecular flexibility index (Phi) is 6.51. The van der Waals surface area contributed by atoms with Crippen LogP contribution in [0.4, 0.5) is 4.39 Å². The summed E-state index contributed by atoms with van der Waals surface area (Å²) in [5.41, 5.74) is 2.42. The summed E-state index contributed by atoms with van der Waals surface area (Å²) < 4.78 is 53.3. The van der Waals surface area contributed by atoms with Gasteiger partial charge in [0.15, 0.2) is 5.82 Å². The van der Waals surface area contributed by atoms with Crippen LogP contribution in [0, 0.1) is 11.2 Å². The number of aromatic nitrogens is 3. The van der Waals surface area contributed by atoms with Crippen LogP contribution in [0.5, 0.6) is 0 Å². The van der Waals surface area contributed by atoms with Gasteiger partial charge >= 0.3 is 0 Å². The molecule has 1 aliphatic rings. The second kappa shape index (κ2) is 9.59. The molecular formula is C24H23FN4O4S2. The summed E-state index contributed by atoms with van der Waals surface area (Å²) in [6.45, 7) is 2.60. The van der Waals surface area contributed by atoms with Crippen molar-refractivity contribution in [3.05, 3.63) is 77.9 Å². The highest BCUT2D eigenvalue weighted by Crippen LogP contribution is 2.35. The number of benzene rings is 1. The average molecular weight is 515 g/mol. The summed E-state index contributed by atoms with van der Waals surface area (Å²) >= 11 is 1.16. The quantitative estimate of drug-likeness (QED) is 0.379. The van der Waals surface area contributed by atoms with Crippen LogP contribution in [0.3, 0.4) is 0 Å². The summed E-state index contributed by atoms with van der Waals surface area (Å²) in [7, 11) is -3.58. The molecule has 11 heteroatoms. The number of pyridine rings is 1. The molecule has 182 valence electrons. The fourth-order valence-corrected chi connectivity index (χ4v) is 5.94. The lowest BCUT2D eigenvalue weighted by atomic mass is 9.92. The van der Waals surface area contributed by atoms with E-state index >= 15 is 0 Å². The number of hydrogen-bond donors (Lipinski definition) is 2. The number of aromatic amines is 1. The Labute approximate surface area is 206 Å². The predicted molar refractivity (Wildman–Crippen MR) is 129 cm³/mol. The molecule has 5 rings (SSSR count). The van der Waals surface area contributed by atoms with Gasteiger partial charge in [0.1, 0.15) is 10.0 Å². The molecule has 35 heavy (non-hydrogen) atoms. The van der Waals surface area contributed by atoms with E-state index in [1.807, 2.05) is 19.1 Å². The lowest BCUT2D eigenvalue weighted by Gasteiger charge is -2.36. The third kappa shape index (κ3) is 5.19. The first-order valence-corrected chi connectivity index (χ1v) is 13.2. The third-order valence-electron chi connectivity index (χ3n) is 5.65. The first-order valence-electron chi connectivity index (χ1n) is 10.9. The molecule has 0 saturated carbocycles. The molecule has 2 N–H and O–H groups in total. The molecule has 0 amide bonds. The second-order valence-electron chi connectivity index (χ2n) is 8.61. The standard InChI is InChI=1S/C24H23FN4O4S2/c1-24(13-27-35(30,31)19-3-2-12-34-19)14-32-23(33-15-24)22-28-20(16-4-6-18(25)7-5-16)21(29-22)17-8-10-26-11-9-17/h2-12,23,27H,13-15H2,1H3,(H,28,29). The van der Waals surface area contributed by atoms with Gasteiger partial charge < -0.3 is 14.5 Å². The van der Waals surface area contributed by atoms with Gasteiger partial charge in [-0.2, -0.15) is 0 Å². The zero-order valence-corrected chi connectivity index (χ0v) is 20.4. The summed E-state index contributed by atoms with van der Waals surface area (Å²) in [6.07, 6.45) is 2.60. The Balaban J connectivity index is 1.33. The molecule has 3 aromatic heterocycles. The predicted octanol–water partition coefficient (Wildman–Crippen LogP) is 4.37. The molecule has 0 bridgehead atoms. The van der Waals surface area contributed by atoms with Crippen molar-refractivity contribution in [1.29, 1.82) is 0 Å². The number of H-pyrrole nitrogens is 1. The van der Waals surface area contributed by atoms with Gasteiger partial charge in [-0.25, -0.2) is 22.5 Å². The van der Waals surface area contributed by atoms with Crippen LogP contribution in [0.25, 0.3) is 22.5 Å². The number of imidazole rings is 1. The van der Waals surface area contributed by atoms with Crippen LogP contribution in [0.2, 0.25) is 0 Å². The van der Waals surface area contributed by atoms with Crippen molar-refractivity contribution in [2.75, 3.05) is 19.8 Å². The van der Waals surface area contributed by atoms with Crippen molar-refractivity contribution in [2.45, 2.75) is 17.4 Å². The van der Waals surface area contributed by atoms with Gasteiger partial charge in [-0.1, -0.05) is 13.0 Å². The van der Waals surface area contributed by atoms with E-state index < -0.39 is 21.7 Å². The van der Waals surface area contributed by atoms with Crippen LogP contribution in [-0.4, -0.2) is 43.1 Å². The topological polar surface area (TPSA) is 106 Å². The Hall–Kier alpha value is -2.96. The second-order valence-corrected chi connectivity index (χ2v) is 11.6. The third-order valence-corrected chi connectivity index (χ3v) is 8.45. The van der Waals surface area contributed by atoms with Crippen LogP contribution < -0.4 is 4.72 Å². The number of rotatable bonds is 7. The lowest BCUT2D eigenvalue weighted by molar-refractivity contribution is -0.231. The molecular weight excluding hydrogens is 491 g/mol. The molecule has 0 unspecified atom stereocenters. The monoisotopic (exact) mass is 514 g/mol. The minimum atomic E-state index is -3.58. The van der Waals surface area contributed by atoms with Gasteiger partial charge in [0.2, 0.25) is 16.3 Å². The Bertz CT molecular complexity index is 1380. The Morgan fingerprint density at radius 2 is 1.83 bits per heavy atom. The normalized spacial score (nSPS) is 20.7. The number of sulfonamides is 1. The van der Waals surface area contributed by atoms with E-state index in [9.17, 15) is 12.8 Å². The van der Waals surface area contributed by atoms with Gasteiger partial charge in [-0.05, 0) is 47.8 Å². The van der Waals surface area contributed by atoms with Gasteiger partial charge in [0.25, 0.3) is 0 Å². The first-order chi connectivity index (χ1) is 16.8. The number of nitrogens with one attached hydrogen (secondary N) is 2. The Morgan fingerprint density at radius 1 is 1.11 bits per heavy atom. The molecule has 0 radical (unpaired) electrons. The van der Waals surface area contributed by atoms with Gasteiger partial charge in [-0.15, -0.1) is 11.3 Å². The number of hydrogen-bond acceptors (Lipinski definition) is 7. The highest BCUT2D eigenvalue weighted by Gasteiger charge is 2.36. The van der Waals surface area contributed by atoms with Crippen molar-refractivity contribution in [3.63, 3.8) is 0 Å². The summed E-state index contributed by atoms with van der Waals surface area (Å²) in [5.74, 6) is 0.139. The van der Waals surface area contributed by atoms with Crippen molar-refractivity contribution < 1.29 is 22.3 Å². The van der Waals surface area contributed by atoms with E-state index in [-0.39, 0.29) is 29.8 Å². The molecule has 4 aromatic rings. The van der Waals surface area contributed by atoms with Crippen LogP contribution in [0.1, 0.15) is 19.0 Å². The van der Waals surface area contributed by atoms with Crippen molar-refractivity contribution in [1.82, 2.24) is 19.7 Å². The Morgan fingerprint density at radius 3 is 2.49 bits per heavy atom. The average Bonchev–Trinajstić information content (AvgIpc) is 3.56. The van der Waals surface area contributed by atoms with Crippen LogP contribution in [-0.2, 0) is 19.5 Å². The van der Waals surface area contributed by atoms with E-state index in [0.29, 0.717) is 11.5 Å². The molecule has 1 aromatic carbocycles. The van der Waals surface area contributed by atoms with Crippen LogP contribution in [0.15, 0.2) is 70.5 Å². The molecule has 1 aliphatic heterocycles. The fraction of sp³-hybridized carbons (Fsp3) is 0.250. The summed E-state index contributed by atoms with van der Waals surface area (Å²) in [6, 6.07) is 13.1. The SMILES string of the molecule is CC1(CNS(=O)(=O)c2cccs2)COC(c2nc(-c3ccc(F)cc3)c(-c3ccncc3)[nH]2)OC1. The molecule has 0 spiro atoms. The largest absolute Gasteiger partial charge is 0.345 e. The number of halogens is 1. The van der Waals surface area contributed by atoms with Crippen molar-refractivity contribution >= 4 is 21.4 Å². The maximum absolute atomic E-state index is 13.5. The van der Waals surface area contributed by atoms with Gasteiger partial charge in [0.05, 0.1) is 24.6 Å². The fourth-order valence-electron chi connectivity index (χ4n) is 3.71.